The molecular formula is C18H19BrZr. The molecule has 0 saturated carbocycles. The molecule has 1 atom stereocenters. The monoisotopic (exact) mass is 404 g/mol. The third-order valence-electron chi connectivity index (χ3n) is 3.98. The number of benzene rings is 1. The first-order chi connectivity index (χ1) is 9.78. The number of hydrogen-bond acceptors (Lipinski definition) is 0. The molecule has 0 heterocycles. The molecular weight excluding hydrogens is 387 g/mol. The first kappa shape index (κ1) is 14.7. The van der Waals surface area contributed by atoms with E-state index in [1.807, 2.05) is 0 Å². The van der Waals surface area contributed by atoms with Crippen LogP contribution in [0, 0.1) is 0 Å². The van der Waals surface area contributed by atoms with E-state index in [1.54, 1.807) is 14.4 Å². The third kappa shape index (κ3) is 3.17. The van der Waals surface area contributed by atoms with Crippen LogP contribution in [0.1, 0.15) is 47.4 Å². The van der Waals surface area contributed by atoms with E-state index >= 15 is 0 Å². The van der Waals surface area contributed by atoms with Crippen LogP contribution in [0.25, 0.3) is 6.08 Å². The molecule has 0 nitrogen and oxygen atoms in total. The molecule has 0 aliphatic heterocycles. The average molecular weight is 406 g/mol. The van der Waals surface area contributed by atoms with Gasteiger partial charge in [-0.2, -0.15) is 0 Å². The van der Waals surface area contributed by atoms with Crippen LogP contribution in [0.3, 0.4) is 0 Å². The molecule has 2 aliphatic rings. The molecule has 0 aromatic heterocycles. The van der Waals surface area contributed by atoms with Crippen molar-refractivity contribution >= 4 is 22.0 Å². The van der Waals surface area contributed by atoms with Gasteiger partial charge in [-0.15, -0.1) is 0 Å². The quantitative estimate of drug-likeness (QED) is 0.562. The van der Waals surface area contributed by atoms with Crippen molar-refractivity contribution in [3.05, 3.63) is 60.9 Å². The first-order valence-electron chi connectivity index (χ1n) is 7.40. The molecule has 0 saturated heterocycles. The molecule has 2 aliphatic carbocycles. The van der Waals surface area contributed by atoms with E-state index in [9.17, 15) is 0 Å². The Labute approximate surface area is 141 Å². The van der Waals surface area contributed by atoms with Crippen LogP contribution in [0.5, 0.6) is 0 Å². The summed E-state index contributed by atoms with van der Waals surface area (Å²) in [5, 5.41) is 0. The Morgan fingerprint density at radius 3 is 3.10 bits per heavy atom. The van der Waals surface area contributed by atoms with Crippen LogP contribution < -0.4 is 0 Å². The molecule has 0 N–H and O–H groups in total. The molecule has 0 radical (unpaired) electrons. The Morgan fingerprint density at radius 1 is 1.35 bits per heavy atom. The second-order valence-electron chi connectivity index (χ2n) is 5.48. The standard InChI is InChI=1S/C9H6Br.C9H13.Zr/c10-9-6-2-4-7-3-1-5-8(7)9;1-2-3-6-9-7-4-5-8-9;/h1-6H;7-8H,2-4,6H2,1H3;. The minimum absolute atomic E-state index is 0.525. The number of rotatable bonds is 5. The summed E-state index contributed by atoms with van der Waals surface area (Å²) >= 11 is 3.14. The van der Waals surface area contributed by atoms with Crippen LogP contribution in [0.2, 0.25) is 0 Å². The van der Waals surface area contributed by atoms with Crippen molar-refractivity contribution in [1.29, 1.82) is 0 Å². The van der Waals surface area contributed by atoms with E-state index in [1.165, 1.54) is 35.7 Å². The zero-order valence-electron chi connectivity index (χ0n) is 11.8. The summed E-state index contributed by atoms with van der Waals surface area (Å²) in [5.74, 6) is 0. The molecule has 1 aromatic carbocycles. The van der Waals surface area contributed by atoms with Gasteiger partial charge in [0.15, 0.2) is 0 Å². The van der Waals surface area contributed by atoms with Gasteiger partial charge >= 0.3 is 142 Å². The zero-order chi connectivity index (χ0) is 13.9. The summed E-state index contributed by atoms with van der Waals surface area (Å²) < 4.78 is 3.74. The molecule has 102 valence electrons. The summed E-state index contributed by atoms with van der Waals surface area (Å²) in [7, 11) is 0. The van der Waals surface area contributed by atoms with E-state index in [2.05, 4.69) is 65.4 Å². The number of hydrogen-bond donors (Lipinski definition) is 0. The maximum absolute atomic E-state index is 3.67. The Kier molecular flexibility index (Phi) is 4.94. The fourth-order valence-electron chi connectivity index (χ4n) is 2.86. The van der Waals surface area contributed by atoms with E-state index in [0.717, 1.165) is 3.63 Å². The van der Waals surface area contributed by atoms with E-state index in [0.29, 0.717) is 0 Å². The molecule has 1 unspecified atom stereocenters. The van der Waals surface area contributed by atoms with Crippen LogP contribution >= 0.6 is 15.9 Å². The van der Waals surface area contributed by atoms with Gasteiger partial charge < -0.3 is 0 Å². The van der Waals surface area contributed by atoms with Gasteiger partial charge in [0, 0.05) is 0 Å². The van der Waals surface area contributed by atoms with Crippen molar-refractivity contribution in [2.24, 2.45) is 0 Å². The summed E-state index contributed by atoms with van der Waals surface area (Å²) in [4.78, 5) is 0. The van der Waals surface area contributed by atoms with Crippen molar-refractivity contribution in [2.45, 2.75) is 36.2 Å². The first-order valence-corrected chi connectivity index (χ1v) is 10.8. The van der Waals surface area contributed by atoms with Crippen molar-refractivity contribution < 1.29 is 23.2 Å². The van der Waals surface area contributed by atoms with Gasteiger partial charge in [0.25, 0.3) is 0 Å². The Hall–Kier alpha value is -0.197. The second kappa shape index (κ2) is 6.71. The fraction of sp³-hybridized carbons (Fsp3) is 0.333. The summed E-state index contributed by atoms with van der Waals surface area (Å²) in [6, 6.07) is 6.64. The molecule has 3 rings (SSSR count). The molecule has 1 aromatic rings. The molecule has 0 fully saturated rings. The summed E-state index contributed by atoms with van der Waals surface area (Å²) in [6.07, 6.45) is 14.9. The average Bonchev–Trinajstić information content (AvgIpc) is 3.06. The predicted octanol–water partition coefficient (Wildman–Crippen LogP) is 6.00. The number of fused-ring (bicyclic) bond motifs is 1. The number of halogens is 1. The van der Waals surface area contributed by atoms with Crippen molar-refractivity contribution in [1.82, 2.24) is 0 Å². The molecule has 0 spiro atoms. The fourth-order valence-corrected chi connectivity index (χ4v) is 7.03. The molecule has 20 heavy (non-hydrogen) atoms. The third-order valence-corrected chi connectivity index (χ3v) is 8.44. The van der Waals surface area contributed by atoms with Gasteiger partial charge in [0.1, 0.15) is 0 Å². The SMILES string of the molecule is CCCCC1=CC[C]([Zr][CH]2C=Cc3c(Br)cccc32)=C1. The number of unbranched alkanes of at least 4 members (excludes halogenated alkanes) is 1. The summed E-state index contributed by atoms with van der Waals surface area (Å²) in [6.45, 7) is 2.27. The van der Waals surface area contributed by atoms with Gasteiger partial charge in [-0.1, -0.05) is 0 Å². The van der Waals surface area contributed by atoms with Crippen LogP contribution in [0.15, 0.2) is 49.8 Å². The van der Waals surface area contributed by atoms with Crippen molar-refractivity contribution in [3.63, 3.8) is 0 Å². The topological polar surface area (TPSA) is 0 Å². The Morgan fingerprint density at radius 2 is 2.25 bits per heavy atom. The summed E-state index contributed by atoms with van der Waals surface area (Å²) in [5.41, 5.74) is 4.56. The van der Waals surface area contributed by atoms with Crippen molar-refractivity contribution in [2.75, 3.05) is 0 Å². The number of allylic oxidation sites excluding steroid dienone is 5. The van der Waals surface area contributed by atoms with Gasteiger partial charge in [0.2, 0.25) is 0 Å². The minimum atomic E-state index is -0.525. The Bertz CT molecular complexity index is 595. The zero-order valence-corrected chi connectivity index (χ0v) is 15.9. The van der Waals surface area contributed by atoms with Gasteiger partial charge in [-0.3, -0.25) is 0 Å². The van der Waals surface area contributed by atoms with Crippen molar-refractivity contribution in [3.8, 4) is 0 Å². The predicted molar refractivity (Wildman–Crippen MR) is 86.2 cm³/mol. The maximum atomic E-state index is 3.67. The molecule has 0 amide bonds. The van der Waals surface area contributed by atoms with Crippen LogP contribution in [-0.4, -0.2) is 0 Å². The van der Waals surface area contributed by atoms with Crippen LogP contribution in [-0.2, 0) is 23.2 Å². The van der Waals surface area contributed by atoms with Crippen LogP contribution in [0.4, 0.5) is 0 Å². The molecule has 0 bridgehead atoms. The Balaban J connectivity index is 1.67. The van der Waals surface area contributed by atoms with Gasteiger partial charge in [0.05, 0.1) is 0 Å². The van der Waals surface area contributed by atoms with Gasteiger partial charge in [-0.05, 0) is 0 Å². The van der Waals surface area contributed by atoms with E-state index in [4.69, 9.17) is 0 Å². The van der Waals surface area contributed by atoms with E-state index in [-0.39, 0.29) is 0 Å². The van der Waals surface area contributed by atoms with E-state index < -0.39 is 23.2 Å². The normalized spacial score (nSPS) is 19.8. The van der Waals surface area contributed by atoms with Gasteiger partial charge in [-0.25, -0.2) is 0 Å². The second-order valence-corrected chi connectivity index (χ2v) is 10.2. The molecule has 2 heteroatoms.